The van der Waals surface area contributed by atoms with Crippen LogP contribution < -0.4 is 0 Å². The van der Waals surface area contributed by atoms with E-state index in [0.717, 1.165) is 18.8 Å². The van der Waals surface area contributed by atoms with Crippen molar-refractivity contribution in [2.75, 3.05) is 6.61 Å². The molecule has 1 aliphatic rings. The predicted octanol–water partition coefficient (Wildman–Crippen LogP) is 1.93. The number of halogens is 1. The summed E-state index contributed by atoms with van der Waals surface area (Å²) in [4.78, 5) is 0. The molecule has 0 fully saturated rings. The Bertz CT molecular complexity index is 78.1. The smallest absolute Gasteiger partial charge is 0.0912 e. The van der Waals surface area contributed by atoms with Crippen molar-refractivity contribution in [1.82, 2.24) is 0 Å². The fourth-order valence-corrected chi connectivity index (χ4v) is 0.541. The molecule has 42 valence electrons. The summed E-state index contributed by atoms with van der Waals surface area (Å²) in [5, 5.41) is 0. The van der Waals surface area contributed by atoms with E-state index in [1.54, 1.807) is 0 Å². The molecule has 0 aromatic carbocycles. The molecule has 0 radical (unpaired) electrons. The Kier molecular flexibility index (Phi) is 3.42. The average Bonchev–Trinajstić information content (AvgIpc) is 1.86. The highest BCUT2D eigenvalue weighted by Gasteiger charge is 1.94. The van der Waals surface area contributed by atoms with Gasteiger partial charge in [0.2, 0.25) is 0 Å². The van der Waals surface area contributed by atoms with Gasteiger partial charge in [0.1, 0.15) is 0 Å². The van der Waals surface area contributed by atoms with Crippen LogP contribution in [0.2, 0.25) is 0 Å². The lowest BCUT2D eigenvalue weighted by Gasteiger charge is -1.89. The Morgan fingerprint density at radius 3 is 2.57 bits per heavy atom. The standard InChI is InChI=1S/C5H8O.HI/c1-5-3-2-4-6-5;/h3H,2,4H2,1H3;1H. The van der Waals surface area contributed by atoms with E-state index < -0.39 is 0 Å². The fourth-order valence-electron chi connectivity index (χ4n) is 0.541. The Balaban J connectivity index is 0.000000360. The van der Waals surface area contributed by atoms with Gasteiger partial charge in [-0.3, -0.25) is 0 Å². The lowest BCUT2D eigenvalue weighted by molar-refractivity contribution is 0.247. The van der Waals surface area contributed by atoms with Crippen molar-refractivity contribution in [3.05, 3.63) is 11.8 Å². The molecule has 0 saturated heterocycles. The van der Waals surface area contributed by atoms with E-state index in [9.17, 15) is 0 Å². The summed E-state index contributed by atoms with van der Waals surface area (Å²) in [5.74, 6) is 1.08. The SMILES string of the molecule is CC1=CCCO1.I. The first-order valence-electron chi connectivity index (χ1n) is 2.19. The number of allylic oxidation sites excluding steroid dienone is 1. The molecule has 0 amide bonds. The topological polar surface area (TPSA) is 9.23 Å². The molecule has 2 heteroatoms. The number of rotatable bonds is 0. The second-order valence-corrected chi connectivity index (χ2v) is 1.45. The van der Waals surface area contributed by atoms with Crippen LogP contribution >= 0.6 is 24.0 Å². The molecule has 1 heterocycles. The minimum Gasteiger partial charge on any atom is -0.498 e. The van der Waals surface area contributed by atoms with Crippen LogP contribution in [0.3, 0.4) is 0 Å². The highest BCUT2D eigenvalue weighted by Crippen LogP contribution is 2.05. The van der Waals surface area contributed by atoms with Crippen LogP contribution in [0.25, 0.3) is 0 Å². The maximum absolute atomic E-state index is 5.01. The molecule has 0 spiro atoms. The average molecular weight is 212 g/mol. The van der Waals surface area contributed by atoms with Crippen LogP contribution in [0.5, 0.6) is 0 Å². The molecular weight excluding hydrogens is 203 g/mol. The highest BCUT2D eigenvalue weighted by molar-refractivity contribution is 14.0. The van der Waals surface area contributed by atoms with E-state index in [2.05, 4.69) is 6.08 Å². The third-order valence-electron chi connectivity index (χ3n) is 0.879. The summed E-state index contributed by atoms with van der Waals surface area (Å²) in [5.41, 5.74) is 0. The first-order valence-corrected chi connectivity index (χ1v) is 2.19. The zero-order valence-corrected chi connectivity index (χ0v) is 6.64. The van der Waals surface area contributed by atoms with E-state index in [0.29, 0.717) is 0 Å². The normalized spacial score (nSPS) is 17.0. The van der Waals surface area contributed by atoms with Gasteiger partial charge in [0.15, 0.2) is 0 Å². The quantitative estimate of drug-likeness (QED) is 0.557. The van der Waals surface area contributed by atoms with Gasteiger partial charge in [-0.25, -0.2) is 0 Å². The first kappa shape index (κ1) is 7.27. The second-order valence-electron chi connectivity index (χ2n) is 1.45. The van der Waals surface area contributed by atoms with Gasteiger partial charge in [-0.15, -0.1) is 24.0 Å². The lowest BCUT2D eigenvalue weighted by atomic mass is 10.4. The first-order chi connectivity index (χ1) is 2.89. The van der Waals surface area contributed by atoms with E-state index in [1.807, 2.05) is 6.92 Å². The van der Waals surface area contributed by atoms with Crippen molar-refractivity contribution in [1.29, 1.82) is 0 Å². The zero-order valence-electron chi connectivity index (χ0n) is 4.31. The van der Waals surface area contributed by atoms with Crippen molar-refractivity contribution >= 4 is 24.0 Å². The molecule has 1 rings (SSSR count). The third-order valence-corrected chi connectivity index (χ3v) is 0.879. The molecular formula is C5H9IO. The van der Waals surface area contributed by atoms with Crippen LogP contribution in [0, 0.1) is 0 Å². The van der Waals surface area contributed by atoms with Crippen molar-refractivity contribution in [3.8, 4) is 0 Å². The molecule has 1 nitrogen and oxygen atoms in total. The van der Waals surface area contributed by atoms with Gasteiger partial charge in [-0.1, -0.05) is 0 Å². The maximum atomic E-state index is 5.01. The van der Waals surface area contributed by atoms with Crippen LogP contribution in [0.4, 0.5) is 0 Å². The number of hydrogen-bond acceptors (Lipinski definition) is 1. The minimum atomic E-state index is 0. The lowest BCUT2D eigenvalue weighted by Crippen LogP contribution is -1.76. The monoisotopic (exact) mass is 212 g/mol. The predicted molar refractivity (Wildman–Crippen MR) is 39.7 cm³/mol. The van der Waals surface area contributed by atoms with Gasteiger partial charge in [-0.05, 0) is 13.0 Å². The van der Waals surface area contributed by atoms with Gasteiger partial charge in [-0.2, -0.15) is 0 Å². The molecule has 0 aliphatic carbocycles. The molecule has 7 heavy (non-hydrogen) atoms. The van der Waals surface area contributed by atoms with Crippen molar-refractivity contribution in [2.24, 2.45) is 0 Å². The summed E-state index contributed by atoms with van der Waals surface area (Å²) in [6.45, 7) is 2.87. The second kappa shape index (κ2) is 3.29. The number of ether oxygens (including phenoxy) is 1. The Morgan fingerprint density at radius 1 is 1.71 bits per heavy atom. The van der Waals surface area contributed by atoms with Crippen LogP contribution in [0.1, 0.15) is 13.3 Å². The molecule has 0 bridgehead atoms. The van der Waals surface area contributed by atoms with Crippen molar-refractivity contribution in [2.45, 2.75) is 13.3 Å². The fraction of sp³-hybridized carbons (Fsp3) is 0.600. The minimum absolute atomic E-state index is 0. The zero-order chi connectivity index (χ0) is 4.41. The Morgan fingerprint density at radius 2 is 2.43 bits per heavy atom. The van der Waals surface area contributed by atoms with Crippen LogP contribution in [0.15, 0.2) is 11.8 Å². The van der Waals surface area contributed by atoms with E-state index in [4.69, 9.17) is 4.74 Å². The summed E-state index contributed by atoms with van der Waals surface area (Å²) in [6, 6.07) is 0. The molecule has 0 N–H and O–H groups in total. The third kappa shape index (κ3) is 2.16. The van der Waals surface area contributed by atoms with E-state index in [1.165, 1.54) is 0 Å². The van der Waals surface area contributed by atoms with Gasteiger partial charge in [0.25, 0.3) is 0 Å². The molecule has 0 aromatic rings. The molecule has 0 unspecified atom stereocenters. The summed E-state index contributed by atoms with van der Waals surface area (Å²) >= 11 is 0. The molecule has 0 saturated carbocycles. The van der Waals surface area contributed by atoms with Gasteiger partial charge < -0.3 is 4.74 Å². The summed E-state index contributed by atoms with van der Waals surface area (Å²) in [6.07, 6.45) is 3.20. The van der Waals surface area contributed by atoms with E-state index >= 15 is 0 Å². The highest BCUT2D eigenvalue weighted by atomic mass is 127. The molecule has 1 aliphatic heterocycles. The number of hydrogen-bond donors (Lipinski definition) is 0. The summed E-state index contributed by atoms with van der Waals surface area (Å²) < 4.78 is 5.01. The van der Waals surface area contributed by atoms with Gasteiger partial charge in [0, 0.05) is 6.42 Å². The van der Waals surface area contributed by atoms with Gasteiger partial charge >= 0.3 is 0 Å². The Hall–Kier alpha value is 0.270. The maximum Gasteiger partial charge on any atom is 0.0912 e. The van der Waals surface area contributed by atoms with E-state index in [-0.39, 0.29) is 24.0 Å². The largest absolute Gasteiger partial charge is 0.498 e. The molecule has 0 atom stereocenters. The summed E-state index contributed by atoms with van der Waals surface area (Å²) in [7, 11) is 0. The van der Waals surface area contributed by atoms with Crippen LogP contribution in [-0.4, -0.2) is 6.61 Å². The van der Waals surface area contributed by atoms with Crippen molar-refractivity contribution in [3.63, 3.8) is 0 Å². The van der Waals surface area contributed by atoms with Gasteiger partial charge in [0.05, 0.1) is 12.4 Å². The van der Waals surface area contributed by atoms with Crippen molar-refractivity contribution < 1.29 is 4.74 Å². The Labute approximate surface area is 60.8 Å². The molecule has 0 aromatic heterocycles. The van der Waals surface area contributed by atoms with Crippen LogP contribution in [-0.2, 0) is 4.74 Å².